The van der Waals surface area contributed by atoms with Crippen LogP contribution >= 0.6 is 0 Å². The molecule has 0 radical (unpaired) electrons. The lowest BCUT2D eigenvalue weighted by Gasteiger charge is -2.25. The van der Waals surface area contributed by atoms with Crippen LogP contribution in [0.2, 0.25) is 0 Å². The fraction of sp³-hybridized carbons (Fsp3) is 0.280. The molecule has 4 heteroatoms. The highest BCUT2D eigenvalue weighted by Gasteiger charge is 2.21. The van der Waals surface area contributed by atoms with E-state index in [0.29, 0.717) is 16.8 Å². The van der Waals surface area contributed by atoms with E-state index in [1.54, 1.807) is 30.5 Å². The van der Waals surface area contributed by atoms with Gasteiger partial charge in [0.05, 0.1) is 11.3 Å². The first-order valence-corrected chi connectivity index (χ1v) is 10.0. The summed E-state index contributed by atoms with van der Waals surface area (Å²) in [4.78, 5) is 17.3. The van der Waals surface area contributed by atoms with Crippen LogP contribution in [-0.2, 0) is 5.41 Å². The predicted molar refractivity (Wildman–Crippen MR) is 117 cm³/mol. The van der Waals surface area contributed by atoms with Gasteiger partial charge in [-0.25, -0.2) is 4.39 Å². The maximum atomic E-state index is 13.6. The minimum absolute atomic E-state index is 0.0395. The zero-order chi connectivity index (χ0) is 20.9. The number of nitrogens with one attached hydrogen (secondary N) is 1. The zero-order valence-electron chi connectivity index (χ0n) is 17.2. The molecule has 0 saturated heterocycles. The number of hydrogen-bond donors (Lipinski definition) is 1. The minimum Gasteiger partial charge on any atom is -0.322 e. The van der Waals surface area contributed by atoms with Gasteiger partial charge in [-0.15, -0.1) is 0 Å². The molecular formula is C25H27FN2O. The molecule has 1 N–H and O–H groups in total. The van der Waals surface area contributed by atoms with Crippen molar-refractivity contribution >= 4 is 11.6 Å². The topological polar surface area (TPSA) is 42.0 Å². The van der Waals surface area contributed by atoms with Gasteiger partial charge in [0, 0.05) is 17.4 Å². The van der Waals surface area contributed by atoms with Crippen LogP contribution in [0.3, 0.4) is 0 Å². The lowest BCUT2D eigenvalue weighted by atomic mass is 9.80. The van der Waals surface area contributed by atoms with E-state index in [2.05, 4.69) is 37.1 Å². The van der Waals surface area contributed by atoms with E-state index in [1.807, 2.05) is 18.2 Å². The maximum Gasteiger partial charge on any atom is 0.257 e. The molecule has 2 aromatic carbocycles. The van der Waals surface area contributed by atoms with Gasteiger partial charge in [0.15, 0.2) is 0 Å². The number of rotatable bonds is 7. The Balaban J connectivity index is 1.86. The first-order valence-electron chi connectivity index (χ1n) is 10.0. The summed E-state index contributed by atoms with van der Waals surface area (Å²) in [7, 11) is 0. The van der Waals surface area contributed by atoms with Crippen LogP contribution in [0.4, 0.5) is 10.1 Å². The van der Waals surface area contributed by atoms with Crippen LogP contribution in [0.1, 0.15) is 56.0 Å². The Labute approximate surface area is 172 Å². The number of carbonyl (C=O) groups excluding carboxylic acids is 1. The smallest absolute Gasteiger partial charge is 0.257 e. The number of aromatic nitrogens is 1. The molecule has 0 fully saturated rings. The lowest BCUT2D eigenvalue weighted by molar-refractivity contribution is 0.102. The quantitative estimate of drug-likeness (QED) is 0.493. The normalized spacial score (nSPS) is 11.3. The van der Waals surface area contributed by atoms with Crippen LogP contribution in [0.5, 0.6) is 0 Å². The molecule has 0 saturated carbocycles. The molecule has 150 valence electrons. The van der Waals surface area contributed by atoms with Crippen molar-refractivity contribution < 1.29 is 9.18 Å². The number of benzene rings is 2. The minimum atomic E-state index is -0.360. The fourth-order valence-corrected chi connectivity index (χ4v) is 3.43. The Morgan fingerprint density at radius 2 is 1.86 bits per heavy atom. The summed E-state index contributed by atoms with van der Waals surface area (Å²) < 4.78 is 13.6. The third kappa shape index (κ3) is 5.08. The summed E-state index contributed by atoms with van der Waals surface area (Å²) in [5, 5.41) is 2.98. The molecule has 0 aliphatic carbocycles. The number of nitrogens with zero attached hydrogens (tertiary/aromatic N) is 1. The summed E-state index contributed by atoms with van der Waals surface area (Å²) in [5.74, 6) is -0.623. The number of hydrogen-bond acceptors (Lipinski definition) is 2. The van der Waals surface area contributed by atoms with Crippen LogP contribution < -0.4 is 5.32 Å². The van der Waals surface area contributed by atoms with Crippen LogP contribution in [0, 0.1) is 5.82 Å². The third-order valence-electron chi connectivity index (χ3n) is 5.21. The molecule has 3 rings (SSSR count). The monoisotopic (exact) mass is 390 g/mol. The molecule has 1 aromatic heterocycles. The molecule has 1 amide bonds. The maximum absolute atomic E-state index is 13.6. The van der Waals surface area contributed by atoms with Gasteiger partial charge in [-0.05, 0) is 53.8 Å². The van der Waals surface area contributed by atoms with E-state index in [1.165, 1.54) is 17.7 Å². The summed E-state index contributed by atoms with van der Waals surface area (Å²) in [6.45, 7) is 6.65. The van der Waals surface area contributed by atoms with E-state index in [-0.39, 0.29) is 17.1 Å². The molecule has 1 heterocycles. The van der Waals surface area contributed by atoms with Gasteiger partial charge in [-0.3, -0.25) is 9.78 Å². The first-order chi connectivity index (χ1) is 13.9. The SMILES string of the molecule is CCCCC(C)(C)c1cccc(NC(=O)c2cccnc2-c2cccc(F)c2)c1. The van der Waals surface area contributed by atoms with Crippen molar-refractivity contribution in [1.29, 1.82) is 0 Å². The highest BCUT2D eigenvalue weighted by atomic mass is 19.1. The number of carbonyl (C=O) groups is 1. The second kappa shape index (κ2) is 8.99. The van der Waals surface area contributed by atoms with Crippen molar-refractivity contribution in [3.63, 3.8) is 0 Å². The first kappa shape index (κ1) is 20.7. The van der Waals surface area contributed by atoms with Crippen molar-refractivity contribution in [1.82, 2.24) is 4.98 Å². The van der Waals surface area contributed by atoms with E-state index < -0.39 is 0 Å². The fourth-order valence-electron chi connectivity index (χ4n) is 3.43. The van der Waals surface area contributed by atoms with Gasteiger partial charge in [0.2, 0.25) is 0 Å². The van der Waals surface area contributed by atoms with E-state index in [0.717, 1.165) is 24.9 Å². The van der Waals surface area contributed by atoms with Crippen molar-refractivity contribution in [2.24, 2.45) is 0 Å². The highest BCUT2D eigenvalue weighted by molar-refractivity contribution is 6.08. The van der Waals surface area contributed by atoms with Crippen LogP contribution in [0.25, 0.3) is 11.3 Å². The van der Waals surface area contributed by atoms with Gasteiger partial charge in [0.25, 0.3) is 5.91 Å². The molecular weight excluding hydrogens is 363 g/mol. The summed E-state index contributed by atoms with van der Waals surface area (Å²) in [6, 6.07) is 17.5. The molecule has 3 aromatic rings. The largest absolute Gasteiger partial charge is 0.322 e. The van der Waals surface area contributed by atoms with Crippen molar-refractivity contribution in [2.75, 3.05) is 5.32 Å². The molecule has 0 atom stereocenters. The summed E-state index contributed by atoms with van der Waals surface area (Å²) in [5.41, 5.74) is 3.42. The van der Waals surface area contributed by atoms with E-state index in [4.69, 9.17) is 0 Å². The van der Waals surface area contributed by atoms with Gasteiger partial charge in [-0.1, -0.05) is 57.9 Å². The van der Waals surface area contributed by atoms with Crippen LogP contribution in [-0.4, -0.2) is 10.9 Å². The third-order valence-corrected chi connectivity index (χ3v) is 5.21. The summed E-state index contributed by atoms with van der Waals surface area (Å²) >= 11 is 0. The van der Waals surface area contributed by atoms with Crippen molar-refractivity contribution in [2.45, 2.75) is 45.4 Å². The number of anilines is 1. The Kier molecular flexibility index (Phi) is 6.42. The van der Waals surface area contributed by atoms with Gasteiger partial charge in [0.1, 0.15) is 5.82 Å². The second-order valence-electron chi connectivity index (χ2n) is 7.93. The molecule has 0 unspecified atom stereocenters. The molecule has 0 aliphatic rings. The lowest BCUT2D eigenvalue weighted by Crippen LogP contribution is -2.18. The van der Waals surface area contributed by atoms with Crippen LogP contribution in [0.15, 0.2) is 66.9 Å². The molecule has 0 spiro atoms. The van der Waals surface area contributed by atoms with E-state index in [9.17, 15) is 9.18 Å². The standard InChI is InChI=1S/C25H27FN2O/c1-4-5-14-25(2,3)19-10-7-12-21(17-19)28-24(29)22-13-8-15-27-23(22)18-9-6-11-20(26)16-18/h6-13,15-17H,4-5,14H2,1-3H3,(H,28,29). The zero-order valence-corrected chi connectivity index (χ0v) is 17.2. The van der Waals surface area contributed by atoms with Gasteiger partial charge < -0.3 is 5.32 Å². The number of pyridine rings is 1. The molecule has 3 nitrogen and oxygen atoms in total. The number of unbranched alkanes of at least 4 members (excludes halogenated alkanes) is 1. The highest BCUT2D eigenvalue weighted by Crippen LogP contribution is 2.31. The van der Waals surface area contributed by atoms with Gasteiger partial charge >= 0.3 is 0 Å². The van der Waals surface area contributed by atoms with Gasteiger partial charge in [-0.2, -0.15) is 0 Å². The Morgan fingerprint density at radius 3 is 2.62 bits per heavy atom. The average molecular weight is 391 g/mol. The summed E-state index contributed by atoms with van der Waals surface area (Å²) in [6.07, 6.45) is 5.01. The second-order valence-corrected chi connectivity index (χ2v) is 7.93. The molecule has 29 heavy (non-hydrogen) atoms. The molecule has 0 bridgehead atoms. The average Bonchev–Trinajstić information content (AvgIpc) is 2.72. The van der Waals surface area contributed by atoms with Crippen molar-refractivity contribution in [3.05, 3.63) is 83.8 Å². The number of halogens is 1. The Morgan fingerprint density at radius 1 is 1.07 bits per heavy atom. The number of amides is 1. The Bertz CT molecular complexity index is 997. The molecule has 0 aliphatic heterocycles. The predicted octanol–water partition coefficient (Wildman–Crippen LogP) is 6.61. The Hall–Kier alpha value is -3.01. The van der Waals surface area contributed by atoms with Crippen molar-refractivity contribution in [3.8, 4) is 11.3 Å². The van der Waals surface area contributed by atoms with E-state index >= 15 is 0 Å².